The fourth-order valence-corrected chi connectivity index (χ4v) is 6.13. The number of likely N-dealkylation sites (N-methyl/N-ethyl adjacent to an activating group) is 1. The Balaban J connectivity index is 2.01. The van der Waals surface area contributed by atoms with Crippen molar-refractivity contribution in [1.29, 1.82) is 5.26 Å². The lowest BCUT2D eigenvalue weighted by Gasteiger charge is -2.44. The molecule has 2 amide bonds. The van der Waals surface area contributed by atoms with Crippen molar-refractivity contribution in [1.82, 2.24) is 4.90 Å². The van der Waals surface area contributed by atoms with Gasteiger partial charge in [0.05, 0.1) is 13.2 Å². The second-order valence-corrected chi connectivity index (χ2v) is 8.91. The molecule has 5 rings (SSSR count). The van der Waals surface area contributed by atoms with E-state index in [9.17, 15) is 19.6 Å². The second kappa shape index (κ2) is 6.31. The van der Waals surface area contributed by atoms with E-state index in [0.29, 0.717) is 27.5 Å². The average molecular weight is 451 g/mol. The van der Waals surface area contributed by atoms with Gasteiger partial charge < -0.3 is 15.4 Å². The molecule has 0 radical (unpaired) electrons. The summed E-state index contributed by atoms with van der Waals surface area (Å²) in [6, 6.07) is 12.3. The second-order valence-electron chi connectivity index (χ2n) is 8.47. The molecule has 2 aromatic rings. The molecule has 2 spiro atoms. The number of fused-ring (bicyclic) bond motifs is 5. The highest BCUT2D eigenvalue weighted by atomic mass is 35.5. The topological polar surface area (TPSA) is 112 Å². The Labute approximate surface area is 189 Å². The predicted molar refractivity (Wildman–Crippen MR) is 116 cm³/mol. The van der Waals surface area contributed by atoms with Crippen LogP contribution in [0.1, 0.15) is 16.7 Å². The summed E-state index contributed by atoms with van der Waals surface area (Å²) in [6.07, 6.45) is 0. The number of anilines is 2. The molecule has 3 aliphatic rings. The molecule has 2 aromatic carbocycles. The summed E-state index contributed by atoms with van der Waals surface area (Å²) in [5, 5.41) is 16.5. The summed E-state index contributed by atoms with van der Waals surface area (Å²) in [6.45, 7) is 1.67. The van der Waals surface area contributed by atoms with Gasteiger partial charge in [-0.3, -0.25) is 19.3 Å². The Morgan fingerprint density at radius 3 is 2.47 bits per heavy atom. The highest BCUT2D eigenvalue weighted by Gasteiger charge is 2.84. The van der Waals surface area contributed by atoms with E-state index >= 15 is 0 Å². The fraction of sp³-hybridized carbons (Fsp3) is 0.304. The number of nitrogens with zero attached hydrogens (tertiary/aromatic N) is 2. The van der Waals surface area contributed by atoms with E-state index in [0.717, 1.165) is 5.56 Å². The number of halogens is 1. The van der Waals surface area contributed by atoms with Gasteiger partial charge in [0.15, 0.2) is 5.41 Å². The molecule has 0 bridgehead atoms. The average Bonchev–Trinajstić information content (AvgIpc) is 3.31. The Kier molecular flexibility index (Phi) is 4.04. The van der Waals surface area contributed by atoms with E-state index in [4.69, 9.17) is 16.3 Å². The van der Waals surface area contributed by atoms with E-state index in [1.807, 2.05) is 19.1 Å². The zero-order valence-corrected chi connectivity index (χ0v) is 18.3. The number of carbonyl (C=O) groups excluding carboxylic acids is 3. The third-order valence-corrected chi connectivity index (χ3v) is 7.31. The number of rotatable bonds is 1. The van der Waals surface area contributed by atoms with Crippen molar-refractivity contribution in [3.8, 4) is 6.07 Å². The van der Waals surface area contributed by atoms with Crippen LogP contribution in [0.15, 0.2) is 36.4 Å². The lowest BCUT2D eigenvalue weighted by atomic mass is 9.53. The van der Waals surface area contributed by atoms with Crippen molar-refractivity contribution in [2.24, 2.45) is 5.41 Å². The maximum absolute atomic E-state index is 14.0. The third kappa shape index (κ3) is 1.95. The maximum atomic E-state index is 14.0. The van der Waals surface area contributed by atoms with E-state index in [1.165, 1.54) is 7.11 Å². The van der Waals surface area contributed by atoms with Crippen LogP contribution in [-0.4, -0.2) is 43.4 Å². The molecule has 0 unspecified atom stereocenters. The number of aryl methyl sites for hydroxylation is 1. The number of hydrogen-bond acceptors (Lipinski definition) is 6. The number of hydrogen-bond donors (Lipinski definition) is 2. The monoisotopic (exact) mass is 450 g/mol. The Hall–Kier alpha value is -3.41. The number of nitrogens with one attached hydrogen (secondary N) is 2. The van der Waals surface area contributed by atoms with Crippen LogP contribution in [0.25, 0.3) is 0 Å². The van der Waals surface area contributed by atoms with Crippen LogP contribution in [0.2, 0.25) is 5.02 Å². The van der Waals surface area contributed by atoms with Crippen LogP contribution < -0.4 is 10.6 Å². The number of benzene rings is 2. The first-order chi connectivity index (χ1) is 15.2. The lowest BCUT2D eigenvalue weighted by molar-refractivity contribution is -0.156. The van der Waals surface area contributed by atoms with Crippen molar-refractivity contribution in [3.63, 3.8) is 0 Å². The van der Waals surface area contributed by atoms with Crippen LogP contribution in [-0.2, 0) is 30.1 Å². The first-order valence-corrected chi connectivity index (χ1v) is 10.3. The summed E-state index contributed by atoms with van der Waals surface area (Å²) < 4.78 is 5.07. The number of amides is 2. The van der Waals surface area contributed by atoms with Gasteiger partial charge in [0.25, 0.3) is 5.91 Å². The fourth-order valence-electron chi connectivity index (χ4n) is 5.95. The molecule has 162 valence electrons. The maximum Gasteiger partial charge on any atom is 0.329 e. The molecular weight excluding hydrogens is 432 g/mol. The molecule has 2 N–H and O–H groups in total. The normalized spacial score (nSPS) is 30.1. The molecule has 32 heavy (non-hydrogen) atoms. The summed E-state index contributed by atoms with van der Waals surface area (Å²) in [5.74, 6) is -2.01. The van der Waals surface area contributed by atoms with Crippen LogP contribution in [0.4, 0.5) is 11.4 Å². The summed E-state index contributed by atoms with van der Waals surface area (Å²) in [7, 11) is 2.80. The minimum atomic E-state index is -2.01. The minimum absolute atomic E-state index is 0.198. The van der Waals surface area contributed by atoms with Gasteiger partial charge in [-0.1, -0.05) is 29.3 Å². The van der Waals surface area contributed by atoms with Crippen molar-refractivity contribution >= 4 is 40.8 Å². The van der Waals surface area contributed by atoms with Gasteiger partial charge in [-0.05, 0) is 43.8 Å². The van der Waals surface area contributed by atoms with Gasteiger partial charge in [0.1, 0.15) is 11.0 Å². The summed E-state index contributed by atoms with van der Waals surface area (Å²) in [4.78, 5) is 42.8. The first kappa shape index (κ1) is 20.5. The number of carbonyl (C=O) groups is 3. The molecule has 8 nitrogen and oxygen atoms in total. The lowest BCUT2D eigenvalue weighted by Crippen LogP contribution is -2.65. The molecule has 1 saturated heterocycles. The molecule has 0 aromatic heterocycles. The molecule has 9 heteroatoms. The Morgan fingerprint density at radius 1 is 1.12 bits per heavy atom. The molecule has 3 aliphatic heterocycles. The van der Waals surface area contributed by atoms with E-state index in [-0.39, 0.29) is 6.54 Å². The summed E-state index contributed by atoms with van der Waals surface area (Å²) >= 11 is 6.32. The quantitative estimate of drug-likeness (QED) is 0.645. The summed E-state index contributed by atoms with van der Waals surface area (Å²) in [5.41, 5.74) is -3.03. The molecule has 3 heterocycles. The van der Waals surface area contributed by atoms with Crippen molar-refractivity contribution in [3.05, 3.63) is 58.1 Å². The molecule has 0 saturated carbocycles. The smallest absolute Gasteiger partial charge is 0.329 e. The van der Waals surface area contributed by atoms with Crippen LogP contribution in [0.5, 0.6) is 0 Å². The minimum Gasteiger partial charge on any atom is -0.468 e. The number of esters is 1. The van der Waals surface area contributed by atoms with Gasteiger partial charge in [0, 0.05) is 28.5 Å². The zero-order chi connectivity index (χ0) is 23.1. The zero-order valence-electron chi connectivity index (χ0n) is 17.6. The number of nitriles is 1. The molecule has 0 aliphatic carbocycles. The van der Waals surface area contributed by atoms with Gasteiger partial charge in [-0.15, -0.1) is 0 Å². The molecule has 3 atom stereocenters. The SMILES string of the molecule is COC(=O)[C@@]1(C#N)CN(C)[C@]2(C(=O)Nc3ccc(C)cc32)[C@]12C(=O)Nc1ccc(Cl)cc12. The number of likely N-dealkylation sites (tertiary alicyclic amines) is 1. The van der Waals surface area contributed by atoms with E-state index in [2.05, 4.69) is 16.7 Å². The van der Waals surface area contributed by atoms with E-state index in [1.54, 1.807) is 36.2 Å². The predicted octanol–water partition coefficient (Wildman–Crippen LogP) is 2.31. The van der Waals surface area contributed by atoms with Crippen LogP contribution in [0.3, 0.4) is 0 Å². The molecular formula is C23H19ClN4O4. The van der Waals surface area contributed by atoms with Crippen LogP contribution in [0, 0.1) is 23.7 Å². The van der Waals surface area contributed by atoms with Gasteiger partial charge in [-0.25, -0.2) is 0 Å². The van der Waals surface area contributed by atoms with Gasteiger partial charge in [0.2, 0.25) is 5.91 Å². The van der Waals surface area contributed by atoms with Crippen molar-refractivity contribution < 1.29 is 19.1 Å². The van der Waals surface area contributed by atoms with Crippen molar-refractivity contribution in [2.75, 3.05) is 31.3 Å². The van der Waals surface area contributed by atoms with Gasteiger partial charge >= 0.3 is 5.97 Å². The van der Waals surface area contributed by atoms with Crippen LogP contribution >= 0.6 is 11.6 Å². The van der Waals surface area contributed by atoms with Gasteiger partial charge in [-0.2, -0.15) is 5.26 Å². The van der Waals surface area contributed by atoms with E-state index < -0.39 is 34.2 Å². The molecule has 1 fully saturated rings. The first-order valence-electron chi connectivity index (χ1n) is 9.95. The largest absolute Gasteiger partial charge is 0.468 e. The Morgan fingerprint density at radius 2 is 1.78 bits per heavy atom. The third-order valence-electron chi connectivity index (χ3n) is 7.07. The number of methoxy groups -OCH3 is 1. The van der Waals surface area contributed by atoms with Crippen molar-refractivity contribution in [2.45, 2.75) is 17.9 Å². The number of ether oxygens (including phenoxy) is 1. The highest BCUT2D eigenvalue weighted by Crippen LogP contribution is 2.68. The Bertz CT molecular complexity index is 1290. The highest BCUT2D eigenvalue weighted by molar-refractivity contribution is 6.31. The standard InChI is InChI=1S/C23H19ClN4O4/c1-12-4-6-17-15(8-12)23(19(30)27-17)22(21(10-25,11-28(23)2)20(31)32-3)14-9-13(24)5-7-16(14)26-18(22)29/h4-9H,11H2,1-3H3,(H,26,29)(H,27,30)/t21-,22-,23-/m1/s1.